The maximum Gasteiger partial charge on any atom is 0.262 e. The van der Waals surface area contributed by atoms with Gasteiger partial charge in [0.15, 0.2) is 18.1 Å². The Hall–Kier alpha value is -3.27. The predicted molar refractivity (Wildman–Crippen MR) is 131 cm³/mol. The molecule has 1 N–H and O–H groups in total. The first-order chi connectivity index (χ1) is 15.4. The zero-order valence-electron chi connectivity index (χ0n) is 17.5. The third-order valence-corrected chi connectivity index (χ3v) is 5.58. The summed E-state index contributed by atoms with van der Waals surface area (Å²) in [5.41, 5.74) is 3.55. The van der Waals surface area contributed by atoms with Gasteiger partial charge in [-0.05, 0) is 48.9 Å². The molecule has 0 aromatic heterocycles. The van der Waals surface area contributed by atoms with Gasteiger partial charge in [0.05, 0.1) is 18.8 Å². The highest BCUT2D eigenvalue weighted by molar-refractivity contribution is 9.10. The van der Waals surface area contributed by atoms with Crippen LogP contribution in [0.5, 0.6) is 11.5 Å². The first-order valence-electron chi connectivity index (χ1n) is 9.65. The monoisotopic (exact) mass is 510 g/mol. The summed E-state index contributed by atoms with van der Waals surface area (Å²) in [6, 6.07) is 20.3. The van der Waals surface area contributed by atoms with Gasteiger partial charge in [-0.1, -0.05) is 63.4 Å². The van der Waals surface area contributed by atoms with Crippen LogP contribution in [0, 0.1) is 18.3 Å². The number of aryl methyl sites for hydroxylation is 1. The summed E-state index contributed by atoms with van der Waals surface area (Å²) in [6.07, 6.45) is 1.71. The molecular weight excluding hydrogens is 492 g/mol. The van der Waals surface area contributed by atoms with Crippen LogP contribution in [-0.4, -0.2) is 19.6 Å². The fraction of sp³-hybridized carbons (Fsp3) is 0.120. The summed E-state index contributed by atoms with van der Waals surface area (Å²) in [7, 11) is 1.51. The molecule has 5 nitrogen and oxygen atoms in total. The predicted octanol–water partition coefficient (Wildman–Crippen LogP) is 6.50. The number of hydrogen-bond donors (Lipinski definition) is 1. The Kier molecular flexibility index (Phi) is 7.93. The summed E-state index contributed by atoms with van der Waals surface area (Å²) >= 11 is 9.74. The minimum Gasteiger partial charge on any atom is -0.493 e. The fourth-order valence-electron chi connectivity index (χ4n) is 2.92. The molecule has 32 heavy (non-hydrogen) atoms. The van der Waals surface area contributed by atoms with Gasteiger partial charge in [0.2, 0.25) is 0 Å². The molecule has 3 rings (SSSR count). The van der Waals surface area contributed by atoms with Crippen molar-refractivity contribution in [2.24, 2.45) is 0 Å². The van der Waals surface area contributed by atoms with Crippen LogP contribution in [0.15, 0.2) is 65.1 Å². The molecule has 0 saturated carbocycles. The number of benzene rings is 3. The number of carbonyl (C=O) groups excluding carboxylic acids is 1. The Bertz CT molecular complexity index is 1200. The minimum atomic E-state index is -0.290. The fourth-order valence-corrected chi connectivity index (χ4v) is 3.59. The van der Waals surface area contributed by atoms with Crippen molar-refractivity contribution in [1.29, 1.82) is 5.26 Å². The van der Waals surface area contributed by atoms with Crippen LogP contribution in [0.2, 0.25) is 5.02 Å². The third kappa shape index (κ3) is 5.91. The van der Waals surface area contributed by atoms with Crippen molar-refractivity contribution in [1.82, 2.24) is 0 Å². The molecule has 0 spiro atoms. The number of methoxy groups -OCH3 is 1. The summed E-state index contributed by atoms with van der Waals surface area (Å²) in [4.78, 5) is 12.2. The van der Waals surface area contributed by atoms with E-state index in [9.17, 15) is 10.1 Å². The van der Waals surface area contributed by atoms with E-state index >= 15 is 0 Å². The minimum absolute atomic E-state index is 0.186. The molecule has 3 aromatic carbocycles. The van der Waals surface area contributed by atoms with Gasteiger partial charge < -0.3 is 14.8 Å². The molecule has 0 saturated heterocycles. The lowest BCUT2D eigenvalue weighted by molar-refractivity contribution is -0.118. The van der Waals surface area contributed by atoms with Crippen molar-refractivity contribution >= 4 is 50.8 Å². The number of nitriles is 1. The molecule has 0 radical (unpaired) electrons. The Balaban J connectivity index is 1.79. The molecule has 0 aliphatic carbocycles. The number of carbonyl (C=O) groups is 1. The standard InChI is InChI=1S/C25H20BrClN2O3/c1-16-7-9-19(10-8-16)29-25(30)15-32-24-13-21(26)17(12-23(24)31-2)11-18(14-28)20-5-3-4-6-22(20)27/h3-13H,15H2,1-2H3,(H,29,30). The highest BCUT2D eigenvalue weighted by Crippen LogP contribution is 2.36. The lowest BCUT2D eigenvalue weighted by atomic mass is 10.0. The number of rotatable bonds is 7. The number of amides is 1. The lowest BCUT2D eigenvalue weighted by Gasteiger charge is -2.13. The normalized spacial score (nSPS) is 10.9. The number of allylic oxidation sites excluding steroid dienone is 1. The lowest BCUT2D eigenvalue weighted by Crippen LogP contribution is -2.20. The average Bonchev–Trinajstić information content (AvgIpc) is 2.79. The van der Waals surface area contributed by atoms with Crippen LogP contribution in [0.25, 0.3) is 11.6 Å². The molecule has 0 aliphatic heterocycles. The Morgan fingerprint density at radius 3 is 2.53 bits per heavy atom. The largest absolute Gasteiger partial charge is 0.493 e. The van der Waals surface area contributed by atoms with Crippen molar-refractivity contribution in [3.8, 4) is 17.6 Å². The third-order valence-electron chi connectivity index (χ3n) is 4.56. The van der Waals surface area contributed by atoms with Crippen molar-refractivity contribution < 1.29 is 14.3 Å². The van der Waals surface area contributed by atoms with Gasteiger partial charge >= 0.3 is 0 Å². The molecule has 0 unspecified atom stereocenters. The summed E-state index contributed by atoms with van der Waals surface area (Å²) in [5, 5.41) is 12.9. The summed E-state index contributed by atoms with van der Waals surface area (Å²) in [6.45, 7) is 1.79. The molecule has 0 fully saturated rings. The highest BCUT2D eigenvalue weighted by atomic mass is 79.9. The van der Waals surface area contributed by atoms with E-state index in [0.717, 1.165) is 5.56 Å². The zero-order valence-corrected chi connectivity index (χ0v) is 19.8. The van der Waals surface area contributed by atoms with Gasteiger partial charge in [-0.15, -0.1) is 0 Å². The average molecular weight is 512 g/mol. The van der Waals surface area contributed by atoms with E-state index in [1.165, 1.54) is 7.11 Å². The second-order valence-electron chi connectivity index (χ2n) is 6.88. The van der Waals surface area contributed by atoms with E-state index in [4.69, 9.17) is 21.1 Å². The number of anilines is 1. The van der Waals surface area contributed by atoms with E-state index in [0.29, 0.717) is 43.4 Å². The number of ether oxygens (including phenoxy) is 2. The van der Waals surface area contributed by atoms with Gasteiger partial charge in [-0.25, -0.2) is 0 Å². The highest BCUT2D eigenvalue weighted by Gasteiger charge is 2.13. The maximum atomic E-state index is 12.2. The smallest absolute Gasteiger partial charge is 0.262 e. The molecule has 1 amide bonds. The molecule has 7 heteroatoms. The van der Waals surface area contributed by atoms with Crippen molar-refractivity contribution in [3.05, 3.63) is 86.8 Å². The summed E-state index contributed by atoms with van der Waals surface area (Å²) in [5.74, 6) is 0.535. The van der Waals surface area contributed by atoms with Gasteiger partial charge in [0.25, 0.3) is 5.91 Å². The second kappa shape index (κ2) is 10.9. The molecular formula is C25H20BrClN2O3. The Labute approximate surface area is 200 Å². The van der Waals surface area contributed by atoms with Crippen molar-refractivity contribution in [3.63, 3.8) is 0 Å². The van der Waals surface area contributed by atoms with E-state index in [-0.39, 0.29) is 12.5 Å². The molecule has 0 heterocycles. The Morgan fingerprint density at radius 1 is 1.16 bits per heavy atom. The van der Waals surface area contributed by atoms with E-state index < -0.39 is 0 Å². The van der Waals surface area contributed by atoms with Crippen LogP contribution in [-0.2, 0) is 4.79 Å². The zero-order chi connectivity index (χ0) is 23.1. The summed E-state index contributed by atoms with van der Waals surface area (Å²) < 4.78 is 11.8. The molecule has 162 valence electrons. The Morgan fingerprint density at radius 2 is 1.88 bits per heavy atom. The van der Waals surface area contributed by atoms with Crippen molar-refractivity contribution in [2.45, 2.75) is 6.92 Å². The van der Waals surface area contributed by atoms with Gasteiger partial charge in [-0.2, -0.15) is 5.26 Å². The first kappa shape index (κ1) is 23.4. The van der Waals surface area contributed by atoms with E-state index in [1.807, 2.05) is 37.3 Å². The maximum absolute atomic E-state index is 12.2. The van der Waals surface area contributed by atoms with Gasteiger partial charge in [0, 0.05) is 20.7 Å². The van der Waals surface area contributed by atoms with E-state index in [1.54, 1.807) is 36.4 Å². The molecule has 0 bridgehead atoms. The number of nitrogens with zero attached hydrogens (tertiary/aromatic N) is 1. The van der Waals surface area contributed by atoms with Crippen LogP contribution in [0.1, 0.15) is 16.7 Å². The SMILES string of the molecule is COc1cc(C=C(C#N)c2ccccc2Cl)c(Br)cc1OCC(=O)Nc1ccc(C)cc1. The van der Waals surface area contributed by atoms with Crippen LogP contribution < -0.4 is 14.8 Å². The number of halogens is 2. The first-order valence-corrected chi connectivity index (χ1v) is 10.8. The molecule has 0 atom stereocenters. The molecule has 3 aromatic rings. The van der Waals surface area contributed by atoms with Gasteiger partial charge in [-0.3, -0.25) is 4.79 Å². The number of nitrogens with one attached hydrogen (secondary N) is 1. The molecule has 0 aliphatic rings. The number of hydrogen-bond acceptors (Lipinski definition) is 4. The van der Waals surface area contributed by atoms with Gasteiger partial charge in [0.1, 0.15) is 0 Å². The van der Waals surface area contributed by atoms with Crippen molar-refractivity contribution in [2.75, 3.05) is 19.0 Å². The van der Waals surface area contributed by atoms with Crippen LogP contribution in [0.4, 0.5) is 5.69 Å². The van der Waals surface area contributed by atoms with E-state index in [2.05, 4.69) is 27.3 Å². The van der Waals surface area contributed by atoms with Crippen LogP contribution in [0.3, 0.4) is 0 Å². The topological polar surface area (TPSA) is 71.3 Å². The van der Waals surface area contributed by atoms with Crippen LogP contribution >= 0.6 is 27.5 Å². The quantitative estimate of drug-likeness (QED) is 0.290. The second-order valence-corrected chi connectivity index (χ2v) is 8.14.